The molecular weight excluding hydrogens is 402 g/mol. The minimum Gasteiger partial charge on any atom is -0.486 e. The number of furan rings is 1. The zero-order valence-electron chi connectivity index (χ0n) is 17.7. The smallest absolute Gasteiger partial charge is 0.286 e. The van der Waals surface area contributed by atoms with E-state index in [1.54, 1.807) is 12.1 Å². The zero-order chi connectivity index (χ0) is 21.5. The van der Waals surface area contributed by atoms with Gasteiger partial charge in [-0.25, -0.2) is 0 Å². The molecule has 6 nitrogen and oxygen atoms in total. The average Bonchev–Trinajstić information content (AvgIpc) is 3.32. The molecule has 1 N–H and O–H groups in total. The quantitative estimate of drug-likeness (QED) is 0.455. The third-order valence-corrected chi connectivity index (χ3v) is 5.40. The number of carbonyl (C=O) groups excluding carboxylic acids is 1. The Morgan fingerprint density at radius 1 is 1.20 bits per heavy atom. The number of aryl methyl sites for hydroxylation is 3. The molecule has 1 aromatic carbocycles. The van der Waals surface area contributed by atoms with Gasteiger partial charge in [0.2, 0.25) is 0 Å². The van der Waals surface area contributed by atoms with E-state index in [1.807, 2.05) is 30.7 Å². The highest BCUT2D eigenvalue weighted by molar-refractivity contribution is 6.31. The third-order valence-electron chi connectivity index (χ3n) is 4.85. The first-order valence-corrected chi connectivity index (χ1v) is 10.6. The second-order valence-electron chi connectivity index (χ2n) is 7.27. The van der Waals surface area contributed by atoms with Gasteiger partial charge in [-0.05, 0) is 56.5 Å². The van der Waals surface area contributed by atoms with Crippen molar-refractivity contribution in [3.8, 4) is 5.75 Å². The Kier molecular flexibility index (Phi) is 7.57. The van der Waals surface area contributed by atoms with E-state index in [2.05, 4.69) is 29.5 Å². The number of halogens is 1. The number of aromatic nitrogens is 2. The van der Waals surface area contributed by atoms with E-state index in [-0.39, 0.29) is 18.3 Å². The van der Waals surface area contributed by atoms with Crippen LogP contribution in [0.2, 0.25) is 5.02 Å². The Hall–Kier alpha value is -2.73. The van der Waals surface area contributed by atoms with Gasteiger partial charge in [0.25, 0.3) is 5.91 Å². The summed E-state index contributed by atoms with van der Waals surface area (Å²) >= 11 is 6.15. The molecule has 2 heterocycles. The molecule has 30 heavy (non-hydrogen) atoms. The van der Waals surface area contributed by atoms with E-state index in [4.69, 9.17) is 20.8 Å². The van der Waals surface area contributed by atoms with Crippen LogP contribution in [0.3, 0.4) is 0 Å². The van der Waals surface area contributed by atoms with Gasteiger partial charge >= 0.3 is 0 Å². The highest BCUT2D eigenvalue weighted by atomic mass is 35.5. The number of amides is 1. The lowest BCUT2D eigenvalue weighted by molar-refractivity contribution is 0.0920. The molecule has 0 radical (unpaired) electrons. The number of nitrogens with zero attached hydrogens (tertiary/aromatic N) is 2. The van der Waals surface area contributed by atoms with Crippen molar-refractivity contribution in [1.29, 1.82) is 0 Å². The summed E-state index contributed by atoms with van der Waals surface area (Å²) in [5, 5.41) is 7.95. The molecule has 0 aliphatic heterocycles. The van der Waals surface area contributed by atoms with Crippen LogP contribution < -0.4 is 10.1 Å². The van der Waals surface area contributed by atoms with Gasteiger partial charge in [0.15, 0.2) is 5.76 Å². The fraction of sp³-hybridized carbons (Fsp3) is 0.391. The van der Waals surface area contributed by atoms with Crippen LogP contribution in [0.4, 0.5) is 0 Å². The largest absolute Gasteiger partial charge is 0.486 e. The van der Waals surface area contributed by atoms with Gasteiger partial charge in [-0.3, -0.25) is 9.48 Å². The van der Waals surface area contributed by atoms with Crippen LogP contribution in [0.25, 0.3) is 0 Å². The lowest BCUT2D eigenvalue weighted by Gasteiger charge is -2.06. The van der Waals surface area contributed by atoms with Crippen molar-refractivity contribution < 1.29 is 13.9 Å². The standard InChI is InChI=1S/C23H28ClN3O3/c1-4-6-18-7-9-19(10-8-18)29-15-20-11-12-21(30-20)23(28)25-13-5-14-27-17(3)22(24)16(2)26-27/h7-12H,4-6,13-15H2,1-3H3,(H,25,28). The molecule has 3 rings (SSSR count). The van der Waals surface area contributed by atoms with Gasteiger partial charge in [0.1, 0.15) is 18.1 Å². The second-order valence-corrected chi connectivity index (χ2v) is 7.64. The molecule has 0 bridgehead atoms. The minimum atomic E-state index is -0.239. The van der Waals surface area contributed by atoms with Crippen LogP contribution in [0.1, 0.15) is 53.0 Å². The Balaban J connectivity index is 1.42. The zero-order valence-corrected chi connectivity index (χ0v) is 18.5. The number of carbonyl (C=O) groups is 1. The fourth-order valence-electron chi connectivity index (χ4n) is 3.18. The Labute approximate surface area is 182 Å². The first-order valence-electron chi connectivity index (χ1n) is 10.3. The van der Waals surface area contributed by atoms with E-state index >= 15 is 0 Å². The van der Waals surface area contributed by atoms with Gasteiger partial charge in [-0.2, -0.15) is 5.10 Å². The number of benzene rings is 1. The molecule has 0 unspecified atom stereocenters. The molecule has 0 saturated carbocycles. The van der Waals surface area contributed by atoms with Crippen molar-refractivity contribution in [2.24, 2.45) is 0 Å². The highest BCUT2D eigenvalue weighted by Gasteiger charge is 2.12. The first kappa shape index (κ1) is 22.0. The van der Waals surface area contributed by atoms with Crippen molar-refractivity contribution in [3.63, 3.8) is 0 Å². The molecule has 0 fully saturated rings. The number of hydrogen-bond acceptors (Lipinski definition) is 4. The van der Waals surface area contributed by atoms with Crippen LogP contribution in [0.5, 0.6) is 5.75 Å². The summed E-state index contributed by atoms with van der Waals surface area (Å²) < 4.78 is 13.2. The second kappa shape index (κ2) is 10.3. The summed E-state index contributed by atoms with van der Waals surface area (Å²) in [7, 11) is 0. The maximum absolute atomic E-state index is 12.3. The molecule has 1 amide bonds. The van der Waals surface area contributed by atoms with E-state index in [1.165, 1.54) is 5.56 Å². The predicted molar refractivity (Wildman–Crippen MR) is 117 cm³/mol. The van der Waals surface area contributed by atoms with Crippen LogP contribution in [-0.2, 0) is 19.6 Å². The van der Waals surface area contributed by atoms with Crippen molar-refractivity contribution >= 4 is 17.5 Å². The molecule has 0 atom stereocenters. The van der Waals surface area contributed by atoms with Crippen LogP contribution >= 0.6 is 11.6 Å². The molecule has 0 saturated heterocycles. The molecule has 160 valence electrons. The summed E-state index contributed by atoms with van der Waals surface area (Å²) in [4.78, 5) is 12.3. The summed E-state index contributed by atoms with van der Waals surface area (Å²) in [6.45, 7) is 7.46. The summed E-state index contributed by atoms with van der Waals surface area (Å²) in [6.07, 6.45) is 2.93. The Morgan fingerprint density at radius 3 is 2.63 bits per heavy atom. The first-order chi connectivity index (χ1) is 14.5. The van der Waals surface area contributed by atoms with E-state index in [9.17, 15) is 4.79 Å². The molecular formula is C23H28ClN3O3. The van der Waals surface area contributed by atoms with E-state index in [0.29, 0.717) is 23.9 Å². The van der Waals surface area contributed by atoms with E-state index < -0.39 is 0 Å². The highest BCUT2D eigenvalue weighted by Crippen LogP contribution is 2.19. The van der Waals surface area contributed by atoms with Crippen molar-refractivity contribution in [2.45, 2.75) is 53.2 Å². The van der Waals surface area contributed by atoms with Gasteiger partial charge in [0, 0.05) is 13.1 Å². The molecule has 0 aliphatic rings. The number of ether oxygens (including phenoxy) is 1. The Bertz CT molecular complexity index is 976. The molecule has 3 aromatic rings. The van der Waals surface area contributed by atoms with Gasteiger partial charge in [0.05, 0.1) is 16.4 Å². The normalized spacial score (nSPS) is 10.9. The molecule has 0 spiro atoms. The lowest BCUT2D eigenvalue weighted by Crippen LogP contribution is -2.25. The number of nitrogens with one attached hydrogen (secondary N) is 1. The van der Waals surface area contributed by atoms with Crippen LogP contribution in [-0.4, -0.2) is 22.2 Å². The van der Waals surface area contributed by atoms with Crippen LogP contribution in [0.15, 0.2) is 40.8 Å². The maximum Gasteiger partial charge on any atom is 0.286 e. The monoisotopic (exact) mass is 429 g/mol. The summed E-state index contributed by atoms with van der Waals surface area (Å²) in [6, 6.07) is 11.5. The maximum atomic E-state index is 12.3. The number of rotatable bonds is 10. The van der Waals surface area contributed by atoms with Crippen LogP contribution in [0, 0.1) is 13.8 Å². The molecule has 7 heteroatoms. The Morgan fingerprint density at radius 2 is 1.97 bits per heavy atom. The van der Waals surface area contributed by atoms with Gasteiger partial charge < -0.3 is 14.5 Å². The number of hydrogen-bond donors (Lipinski definition) is 1. The van der Waals surface area contributed by atoms with Gasteiger partial charge in [-0.15, -0.1) is 0 Å². The van der Waals surface area contributed by atoms with Crippen molar-refractivity contribution in [2.75, 3.05) is 6.54 Å². The minimum absolute atomic E-state index is 0.239. The van der Waals surface area contributed by atoms with E-state index in [0.717, 1.165) is 36.4 Å². The fourth-order valence-corrected chi connectivity index (χ4v) is 3.32. The topological polar surface area (TPSA) is 69.3 Å². The third kappa shape index (κ3) is 5.66. The lowest BCUT2D eigenvalue weighted by atomic mass is 10.1. The average molecular weight is 430 g/mol. The summed E-state index contributed by atoms with van der Waals surface area (Å²) in [5.41, 5.74) is 3.05. The SMILES string of the molecule is CCCc1ccc(OCc2ccc(C(=O)NCCCn3nc(C)c(Cl)c3C)o2)cc1. The predicted octanol–water partition coefficient (Wildman–Crippen LogP) is 5.10. The van der Waals surface area contributed by atoms with Crippen molar-refractivity contribution in [1.82, 2.24) is 15.1 Å². The van der Waals surface area contributed by atoms with Gasteiger partial charge in [-0.1, -0.05) is 37.1 Å². The molecule has 2 aromatic heterocycles. The van der Waals surface area contributed by atoms with Crippen molar-refractivity contribution in [3.05, 3.63) is 69.9 Å². The summed E-state index contributed by atoms with van der Waals surface area (Å²) in [5.74, 6) is 1.43. The molecule has 0 aliphatic carbocycles.